The number of nitrogens with two attached hydrogens (primary N) is 1. The molecule has 32 heavy (non-hydrogen) atoms. The van der Waals surface area contributed by atoms with Crippen LogP contribution in [0.25, 0.3) is 0 Å². The molecule has 7 N–H and O–H groups in total. The number of carboxylic acid groups (broad SMARTS) is 2. The maximum absolute atomic E-state index is 12.4. The number of hydrogen-bond donors (Lipinski definition) is 6. The molecule has 0 saturated heterocycles. The quantitative estimate of drug-likeness (QED) is 0.304. The minimum atomic E-state index is -1.28. The van der Waals surface area contributed by atoms with E-state index in [1.807, 2.05) is 13.0 Å². The third-order valence-corrected chi connectivity index (χ3v) is 6.75. The number of rotatable bonds is 10. The fraction of sp³-hybridized carbons (Fsp3) is 0.450. The Kier molecular flexibility index (Phi) is 7.13. The summed E-state index contributed by atoms with van der Waals surface area (Å²) in [6, 6.07) is 2.19. The number of hydrogen-bond acceptors (Lipinski definition) is 8. The number of H-pyrrole nitrogens is 1. The zero-order chi connectivity index (χ0) is 23.4. The summed E-state index contributed by atoms with van der Waals surface area (Å²) in [5.41, 5.74) is 5.96. The number of carbonyl (C=O) groups is 3. The van der Waals surface area contributed by atoms with Gasteiger partial charge in [-0.05, 0) is 37.3 Å². The van der Waals surface area contributed by atoms with E-state index in [4.69, 9.17) is 10.8 Å². The van der Waals surface area contributed by atoms with Gasteiger partial charge in [-0.25, -0.2) is 4.79 Å². The highest BCUT2D eigenvalue weighted by atomic mass is 32.1. The maximum atomic E-state index is 12.4. The molecule has 0 aromatic carbocycles. The summed E-state index contributed by atoms with van der Waals surface area (Å²) in [7, 11) is 0. The number of anilines is 2. The molecule has 0 spiro atoms. The number of aromatic nitrogens is 2. The molecule has 12 heteroatoms. The van der Waals surface area contributed by atoms with E-state index in [-0.39, 0.29) is 36.2 Å². The van der Waals surface area contributed by atoms with Gasteiger partial charge < -0.3 is 26.6 Å². The fourth-order valence-corrected chi connectivity index (χ4v) is 4.67. The van der Waals surface area contributed by atoms with Crippen LogP contribution in [0.5, 0.6) is 0 Å². The molecule has 2 aromatic heterocycles. The first kappa shape index (κ1) is 23.3. The van der Waals surface area contributed by atoms with E-state index in [0.29, 0.717) is 22.8 Å². The molecule has 2 aromatic rings. The summed E-state index contributed by atoms with van der Waals surface area (Å²) >= 11 is 1.27. The van der Waals surface area contributed by atoms with E-state index in [1.54, 1.807) is 6.07 Å². The molecule has 0 bridgehead atoms. The average Bonchev–Trinajstić information content (AvgIpc) is 3.36. The second-order valence-electron chi connectivity index (χ2n) is 7.77. The molecule has 1 amide bonds. The van der Waals surface area contributed by atoms with Crippen molar-refractivity contribution in [3.05, 3.63) is 37.8 Å². The zero-order valence-corrected chi connectivity index (χ0v) is 18.2. The van der Waals surface area contributed by atoms with Crippen LogP contribution in [0.2, 0.25) is 0 Å². The van der Waals surface area contributed by atoms with Crippen LogP contribution in [0.1, 0.15) is 64.6 Å². The molecule has 1 aliphatic rings. The largest absolute Gasteiger partial charge is 0.481 e. The Hall–Kier alpha value is -3.41. The standard InChI is InChI=1S/C20H25N5O6S/c1-9(2-3-10-8-22-16-15(10)18(29)25-20(21)24-16)12-5-6-13(32-12)17(28)23-11(19(30)31)4-7-14(26)27/h5-6,9-11H,2-4,7-8H2,1H3,(H,23,28)(H,26,27)(H,30,31)(H4,21,22,24,25,29)/t9?,10?,11-/m0/s1. The van der Waals surface area contributed by atoms with Gasteiger partial charge in [0.1, 0.15) is 11.9 Å². The highest BCUT2D eigenvalue weighted by Crippen LogP contribution is 2.35. The molecule has 0 saturated carbocycles. The molecule has 0 aliphatic carbocycles. The molecular formula is C20H25N5O6S. The molecule has 3 atom stereocenters. The number of nitrogen functional groups attached to an aromatic ring is 1. The maximum Gasteiger partial charge on any atom is 0.326 e. The van der Waals surface area contributed by atoms with Crippen LogP contribution in [0.3, 0.4) is 0 Å². The normalized spacial score (nSPS) is 16.6. The highest BCUT2D eigenvalue weighted by molar-refractivity contribution is 7.14. The van der Waals surface area contributed by atoms with Crippen molar-refractivity contribution < 1.29 is 24.6 Å². The van der Waals surface area contributed by atoms with Gasteiger partial charge in [-0.15, -0.1) is 11.3 Å². The topological polar surface area (TPSA) is 187 Å². The molecule has 172 valence electrons. The lowest BCUT2D eigenvalue weighted by Crippen LogP contribution is -2.40. The Morgan fingerprint density at radius 2 is 2.06 bits per heavy atom. The van der Waals surface area contributed by atoms with Crippen molar-refractivity contribution in [1.29, 1.82) is 0 Å². The van der Waals surface area contributed by atoms with Gasteiger partial charge in [-0.3, -0.25) is 19.4 Å². The SMILES string of the molecule is CC(CCC1CNc2nc(N)[nH]c(=O)c21)c1ccc(C(=O)N[C@@H](CCC(=O)O)C(=O)O)s1. The summed E-state index contributed by atoms with van der Waals surface area (Å²) in [6.45, 7) is 2.63. The van der Waals surface area contributed by atoms with E-state index >= 15 is 0 Å². The van der Waals surface area contributed by atoms with Crippen molar-refractivity contribution in [3.63, 3.8) is 0 Å². The van der Waals surface area contributed by atoms with Crippen molar-refractivity contribution in [2.75, 3.05) is 17.6 Å². The lowest BCUT2D eigenvalue weighted by atomic mass is 9.93. The number of nitrogens with zero attached hydrogens (tertiary/aromatic N) is 1. The molecule has 2 unspecified atom stereocenters. The van der Waals surface area contributed by atoms with E-state index in [9.17, 15) is 24.3 Å². The second-order valence-corrected chi connectivity index (χ2v) is 8.88. The minimum Gasteiger partial charge on any atom is -0.481 e. The average molecular weight is 464 g/mol. The van der Waals surface area contributed by atoms with Gasteiger partial charge in [0, 0.05) is 23.8 Å². The van der Waals surface area contributed by atoms with Crippen molar-refractivity contribution in [3.8, 4) is 0 Å². The number of nitrogens with one attached hydrogen (secondary N) is 3. The van der Waals surface area contributed by atoms with Gasteiger partial charge in [-0.2, -0.15) is 4.98 Å². The Labute approximate surface area is 187 Å². The first-order valence-corrected chi connectivity index (χ1v) is 11.0. The van der Waals surface area contributed by atoms with Crippen molar-refractivity contribution in [2.45, 2.75) is 50.5 Å². The Morgan fingerprint density at radius 1 is 1.31 bits per heavy atom. The second kappa shape index (κ2) is 9.81. The highest BCUT2D eigenvalue weighted by Gasteiger charge is 2.28. The number of thiophene rings is 1. The number of amides is 1. The summed E-state index contributed by atoms with van der Waals surface area (Å²) in [5, 5.41) is 23.4. The number of aliphatic carboxylic acids is 2. The van der Waals surface area contributed by atoms with Crippen molar-refractivity contribution in [2.24, 2.45) is 0 Å². The van der Waals surface area contributed by atoms with Gasteiger partial charge in [0.05, 0.1) is 10.4 Å². The van der Waals surface area contributed by atoms with E-state index in [0.717, 1.165) is 17.7 Å². The van der Waals surface area contributed by atoms with Crippen LogP contribution in [-0.2, 0) is 9.59 Å². The predicted molar refractivity (Wildman–Crippen MR) is 118 cm³/mol. The van der Waals surface area contributed by atoms with Gasteiger partial charge in [0.15, 0.2) is 0 Å². The van der Waals surface area contributed by atoms with Crippen LogP contribution in [0, 0.1) is 0 Å². The predicted octanol–water partition coefficient (Wildman–Crippen LogP) is 1.55. The van der Waals surface area contributed by atoms with Crippen LogP contribution < -0.4 is 21.9 Å². The van der Waals surface area contributed by atoms with Crippen LogP contribution in [0.15, 0.2) is 16.9 Å². The monoisotopic (exact) mass is 463 g/mol. The zero-order valence-electron chi connectivity index (χ0n) is 17.4. The van der Waals surface area contributed by atoms with Crippen molar-refractivity contribution >= 4 is 40.9 Å². The molecule has 3 heterocycles. The first-order chi connectivity index (χ1) is 15.2. The Balaban J connectivity index is 1.59. The smallest absolute Gasteiger partial charge is 0.326 e. The fourth-order valence-electron chi connectivity index (χ4n) is 3.67. The first-order valence-electron chi connectivity index (χ1n) is 10.1. The Bertz CT molecular complexity index is 1080. The molecule has 1 aliphatic heterocycles. The minimum absolute atomic E-state index is 0.0117. The van der Waals surface area contributed by atoms with Gasteiger partial charge in [0.2, 0.25) is 5.95 Å². The van der Waals surface area contributed by atoms with Gasteiger partial charge >= 0.3 is 11.9 Å². The number of carbonyl (C=O) groups excluding carboxylic acids is 1. The molecular weight excluding hydrogens is 438 g/mol. The third kappa shape index (κ3) is 5.44. The summed E-state index contributed by atoms with van der Waals surface area (Å²) in [6.07, 6.45) is 0.967. The lowest BCUT2D eigenvalue weighted by molar-refractivity contribution is -0.140. The van der Waals surface area contributed by atoms with E-state index < -0.39 is 23.9 Å². The van der Waals surface area contributed by atoms with E-state index in [1.165, 1.54) is 11.3 Å². The molecule has 0 fully saturated rings. The number of carboxylic acids is 2. The van der Waals surface area contributed by atoms with Crippen LogP contribution in [0.4, 0.5) is 11.8 Å². The number of fused-ring (bicyclic) bond motifs is 1. The summed E-state index contributed by atoms with van der Waals surface area (Å²) in [4.78, 5) is 54.6. The van der Waals surface area contributed by atoms with Crippen molar-refractivity contribution in [1.82, 2.24) is 15.3 Å². The van der Waals surface area contributed by atoms with Crippen LogP contribution in [-0.4, -0.2) is 50.6 Å². The van der Waals surface area contributed by atoms with Crippen LogP contribution >= 0.6 is 11.3 Å². The molecule has 11 nitrogen and oxygen atoms in total. The molecule has 0 radical (unpaired) electrons. The third-order valence-electron chi connectivity index (χ3n) is 5.43. The van der Waals surface area contributed by atoms with E-state index in [2.05, 4.69) is 20.6 Å². The summed E-state index contributed by atoms with van der Waals surface area (Å²) < 4.78 is 0. The van der Waals surface area contributed by atoms with Gasteiger partial charge in [0.25, 0.3) is 11.5 Å². The number of aromatic amines is 1. The molecule has 3 rings (SSSR count). The lowest BCUT2D eigenvalue weighted by Gasteiger charge is -2.14. The van der Waals surface area contributed by atoms with Gasteiger partial charge in [-0.1, -0.05) is 6.92 Å². The summed E-state index contributed by atoms with van der Waals surface area (Å²) in [5.74, 6) is -2.22. The Morgan fingerprint density at radius 3 is 2.75 bits per heavy atom.